The van der Waals surface area contributed by atoms with Gasteiger partial charge < -0.3 is 14.6 Å². The number of benzene rings is 2. The van der Waals surface area contributed by atoms with Crippen molar-refractivity contribution in [2.24, 2.45) is 0 Å². The zero-order valence-corrected chi connectivity index (χ0v) is 11.8. The Morgan fingerprint density at radius 1 is 0.800 bits per heavy atom. The van der Waals surface area contributed by atoms with Gasteiger partial charge in [0, 0.05) is 11.4 Å². The lowest BCUT2D eigenvalue weighted by Crippen LogP contribution is -2.04. The summed E-state index contributed by atoms with van der Waals surface area (Å²) in [7, 11) is 0. The molecule has 0 amide bonds. The van der Waals surface area contributed by atoms with Crippen LogP contribution in [0, 0.1) is 0 Å². The van der Waals surface area contributed by atoms with E-state index in [0.29, 0.717) is 18.2 Å². The molecule has 0 spiro atoms. The van der Waals surface area contributed by atoms with E-state index in [1.165, 1.54) is 0 Å². The maximum Gasteiger partial charge on any atom is 0.119 e. The lowest BCUT2D eigenvalue weighted by Gasteiger charge is -2.08. The highest BCUT2D eigenvalue weighted by Gasteiger charge is 1.97. The minimum Gasteiger partial charge on any atom is -0.493 e. The first-order valence-corrected chi connectivity index (χ1v) is 6.87. The van der Waals surface area contributed by atoms with E-state index in [9.17, 15) is 0 Å². The number of ether oxygens (including phenoxy) is 2. The van der Waals surface area contributed by atoms with Gasteiger partial charge in [0.05, 0.1) is 19.8 Å². The summed E-state index contributed by atoms with van der Waals surface area (Å²) in [4.78, 5) is 0. The molecule has 0 atom stereocenters. The van der Waals surface area contributed by atoms with Gasteiger partial charge in [-0.25, -0.2) is 0 Å². The van der Waals surface area contributed by atoms with Crippen LogP contribution in [0.5, 0.6) is 11.5 Å². The predicted molar refractivity (Wildman–Crippen MR) is 79.4 cm³/mol. The smallest absolute Gasteiger partial charge is 0.119 e. The molecule has 0 bridgehead atoms. The molecule has 0 heterocycles. The van der Waals surface area contributed by atoms with Crippen LogP contribution in [0.4, 0.5) is 0 Å². The molecule has 2 aromatic carbocycles. The van der Waals surface area contributed by atoms with Crippen LogP contribution in [0.2, 0.25) is 5.02 Å². The van der Waals surface area contributed by atoms with E-state index < -0.39 is 0 Å². The number of rotatable bonds is 7. The highest BCUT2D eigenvalue weighted by molar-refractivity contribution is 6.30. The van der Waals surface area contributed by atoms with Gasteiger partial charge in [0.25, 0.3) is 0 Å². The van der Waals surface area contributed by atoms with Crippen molar-refractivity contribution in [3.8, 4) is 11.5 Å². The van der Waals surface area contributed by atoms with E-state index in [-0.39, 0.29) is 6.61 Å². The second-order valence-electron chi connectivity index (χ2n) is 4.31. The van der Waals surface area contributed by atoms with Crippen molar-refractivity contribution < 1.29 is 14.6 Å². The molecule has 0 aliphatic rings. The van der Waals surface area contributed by atoms with Crippen LogP contribution in [0.15, 0.2) is 48.5 Å². The first kappa shape index (κ1) is 14.7. The Balaban J connectivity index is 1.64. The van der Waals surface area contributed by atoms with Crippen molar-refractivity contribution in [3.63, 3.8) is 0 Å². The van der Waals surface area contributed by atoms with Crippen LogP contribution in [-0.2, 0) is 6.61 Å². The van der Waals surface area contributed by atoms with Gasteiger partial charge in [0.1, 0.15) is 11.5 Å². The fourth-order valence-corrected chi connectivity index (χ4v) is 1.79. The van der Waals surface area contributed by atoms with Crippen molar-refractivity contribution >= 4 is 11.6 Å². The fraction of sp³-hybridized carbons (Fsp3) is 0.250. The minimum absolute atomic E-state index is 0.0508. The van der Waals surface area contributed by atoms with Gasteiger partial charge in [-0.2, -0.15) is 0 Å². The fourth-order valence-electron chi connectivity index (χ4n) is 1.66. The summed E-state index contributed by atoms with van der Waals surface area (Å²) in [6.07, 6.45) is 0.796. The zero-order chi connectivity index (χ0) is 14.2. The average Bonchev–Trinajstić information content (AvgIpc) is 2.49. The molecule has 0 radical (unpaired) electrons. The largest absolute Gasteiger partial charge is 0.493 e. The van der Waals surface area contributed by atoms with E-state index in [4.69, 9.17) is 26.2 Å². The highest BCUT2D eigenvalue weighted by Crippen LogP contribution is 2.16. The Hall–Kier alpha value is -1.71. The van der Waals surface area contributed by atoms with Crippen molar-refractivity contribution in [2.45, 2.75) is 13.0 Å². The summed E-state index contributed by atoms with van der Waals surface area (Å²) in [5, 5.41) is 9.64. The second-order valence-corrected chi connectivity index (χ2v) is 4.74. The van der Waals surface area contributed by atoms with E-state index >= 15 is 0 Å². The second kappa shape index (κ2) is 7.78. The van der Waals surface area contributed by atoms with Gasteiger partial charge >= 0.3 is 0 Å². The third-order valence-electron chi connectivity index (χ3n) is 2.75. The first-order valence-electron chi connectivity index (χ1n) is 6.49. The molecule has 2 aromatic rings. The summed E-state index contributed by atoms with van der Waals surface area (Å²) in [5.41, 5.74) is 0.878. The molecule has 20 heavy (non-hydrogen) atoms. The molecule has 0 saturated heterocycles. The van der Waals surface area contributed by atoms with Gasteiger partial charge in [-0.05, 0) is 42.0 Å². The van der Waals surface area contributed by atoms with Crippen molar-refractivity contribution in [1.82, 2.24) is 0 Å². The van der Waals surface area contributed by atoms with Crippen LogP contribution >= 0.6 is 11.6 Å². The van der Waals surface area contributed by atoms with Crippen LogP contribution < -0.4 is 9.47 Å². The Labute approximate surface area is 123 Å². The minimum atomic E-state index is 0.0508. The Morgan fingerprint density at radius 2 is 1.30 bits per heavy atom. The Kier molecular flexibility index (Phi) is 5.71. The highest BCUT2D eigenvalue weighted by atomic mass is 35.5. The van der Waals surface area contributed by atoms with Gasteiger partial charge in [0.15, 0.2) is 0 Å². The SMILES string of the molecule is OCc1ccc(OCCCOc2ccc(Cl)cc2)cc1. The lowest BCUT2D eigenvalue weighted by molar-refractivity contribution is 0.247. The zero-order valence-electron chi connectivity index (χ0n) is 11.1. The maximum absolute atomic E-state index is 8.93. The maximum atomic E-state index is 8.93. The predicted octanol–water partition coefficient (Wildman–Crippen LogP) is 3.68. The molecular weight excluding hydrogens is 276 g/mol. The van der Waals surface area contributed by atoms with E-state index in [1.54, 1.807) is 12.1 Å². The molecule has 3 nitrogen and oxygen atoms in total. The number of aliphatic hydroxyl groups excluding tert-OH is 1. The number of halogens is 1. The molecule has 0 aromatic heterocycles. The third-order valence-corrected chi connectivity index (χ3v) is 3.00. The molecule has 0 saturated carbocycles. The normalized spacial score (nSPS) is 10.3. The Bertz CT molecular complexity index is 508. The molecule has 1 N–H and O–H groups in total. The number of aliphatic hydroxyl groups is 1. The molecule has 2 rings (SSSR count). The summed E-state index contributed by atoms with van der Waals surface area (Å²) in [6.45, 7) is 1.23. The Morgan fingerprint density at radius 3 is 1.80 bits per heavy atom. The summed E-state index contributed by atoms with van der Waals surface area (Å²) in [5.74, 6) is 1.61. The molecule has 4 heteroatoms. The standard InChI is InChI=1S/C16H17ClO3/c17-14-4-8-16(9-5-14)20-11-1-10-19-15-6-2-13(12-18)3-7-15/h2-9,18H,1,10-12H2. The van der Waals surface area contributed by atoms with Crippen molar-refractivity contribution in [2.75, 3.05) is 13.2 Å². The quantitative estimate of drug-likeness (QED) is 0.791. The lowest BCUT2D eigenvalue weighted by atomic mass is 10.2. The van der Waals surface area contributed by atoms with Crippen LogP contribution in [0.1, 0.15) is 12.0 Å². The first-order chi connectivity index (χ1) is 9.78. The van der Waals surface area contributed by atoms with Crippen molar-refractivity contribution in [3.05, 3.63) is 59.1 Å². The van der Waals surface area contributed by atoms with E-state index in [1.807, 2.05) is 36.4 Å². The summed E-state index contributed by atoms with van der Waals surface area (Å²) >= 11 is 5.79. The number of hydrogen-bond acceptors (Lipinski definition) is 3. The molecule has 0 unspecified atom stereocenters. The number of hydrogen-bond donors (Lipinski definition) is 1. The molecular formula is C16H17ClO3. The van der Waals surface area contributed by atoms with Gasteiger partial charge in [-0.1, -0.05) is 23.7 Å². The van der Waals surface area contributed by atoms with Crippen LogP contribution in [0.3, 0.4) is 0 Å². The van der Waals surface area contributed by atoms with Gasteiger partial charge in [-0.3, -0.25) is 0 Å². The third kappa shape index (κ3) is 4.76. The van der Waals surface area contributed by atoms with Crippen LogP contribution in [0.25, 0.3) is 0 Å². The summed E-state index contributed by atoms with van der Waals surface area (Å²) in [6, 6.07) is 14.7. The van der Waals surface area contributed by atoms with Crippen LogP contribution in [-0.4, -0.2) is 18.3 Å². The molecule has 0 aliphatic carbocycles. The monoisotopic (exact) mass is 292 g/mol. The van der Waals surface area contributed by atoms with Gasteiger partial charge in [0.2, 0.25) is 0 Å². The van der Waals surface area contributed by atoms with Gasteiger partial charge in [-0.15, -0.1) is 0 Å². The molecule has 0 aliphatic heterocycles. The van der Waals surface area contributed by atoms with E-state index in [2.05, 4.69) is 0 Å². The van der Waals surface area contributed by atoms with E-state index in [0.717, 1.165) is 23.5 Å². The topological polar surface area (TPSA) is 38.7 Å². The molecule has 106 valence electrons. The average molecular weight is 293 g/mol. The van der Waals surface area contributed by atoms with Crippen molar-refractivity contribution in [1.29, 1.82) is 0 Å². The molecule has 0 fully saturated rings. The summed E-state index contributed by atoms with van der Waals surface area (Å²) < 4.78 is 11.1.